The highest BCUT2D eigenvalue weighted by atomic mass is 16.5. The molecule has 1 heterocycles. The summed E-state index contributed by atoms with van der Waals surface area (Å²) in [6.07, 6.45) is 2.10. The molecule has 21 heavy (non-hydrogen) atoms. The van der Waals surface area contributed by atoms with Crippen LogP contribution in [0.5, 0.6) is 0 Å². The summed E-state index contributed by atoms with van der Waals surface area (Å²) in [7, 11) is 1.60. The van der Waals surface area contributed by atoms with Gasteiger partial charge in [0.05, 0.1) is 6.61 Å². The number of ether oxygens (including phenoxy) is 1. The first-order valence-electron chi connectivity index (χ1n) is 7.03. The van der Waals surface area contributed by atoms with E-state index in [0.29, 0.717) is 37.8 Å². The Bertz CT molecular complexity index is 441. The standard InChI is InChI=1S/C13H24N6O2/c1-3-4-10-17-11(9-12(18-10)19-14)15-6-5-13(20)16-7-8-21-2/h9H,3-8,14H2,1-2H3,(H,16,20)(H2,15,17,18,19). The van der Waals surface area contributed by atoms with Crippen LogP contribution in [-0.4, -0.2) is 42.7 Å². The van der Waals surface area contributed by atoms with Gasteiger partial charge in [0.25, 0.3) is 0 Å². The first kappa shape index (κ1) is 17.1. The highest BCUT2D eigenvalue weighted by Gasteiger charge is 2.05. The molecule has 1 amide bonds. The summed E-state index contributed by atoms with van der Waals surface area (Å²) in [6.45, 7) is 3.58. The Hall–Kier alpha value is -1.93. The van der Waals surface area contributed by atoms with Crippen molar-refractivity contribution in [2.75, 3.05) is 37.5 Å². The number of amides is 1. The van der Waals surface area contributed by atoms with Crippen LogP contribution in [0.1, 0.15) is 25.6 Å². The highest BCUT2D eigenvalue weighted by molar-refractivity contribution is 5.76. The van der Waals surface area contributed by atoms with Gasteiger partial charge in [0, 0.05) is 39.1 Å². The number of anilines is 2. The van der Waals surface area contributed by atoms with E-state index in [1.54, 1.807) is 13.2 Å². The summed E-state index contributed by atoms with van der Waals surface area (Å²) in [5.74, 6) is 7.29. The van der Waals surface area contributed by atoms with E-state index in [1.807, 2.05) is 0 Å². The number of rotatable bonds is 10. The van der Waals surface area contributed by atoms with Gasteiger partial charge >= 0.3 is 0 Å². The fraction of sp³-hybridized carbons (Fsp3) is 0.615. The summed E-state index contributed by atoms with van der Waals surface area (Å²) in [6, 6.07) is 1.71. The Kier molecular flexibility index (Phi) is 8.07. The zero-order chi connectivity index (χ0) is 15.5. The number of nitrogens with one attached hydrogen (secondary N) is 3. The van der Waals surface area contributed by atoms with Crippen molar-refractivity contribution in [1.82, 2.24) is 15.3 Å². The van der Waals surface area contributed by atoms with Crippen molar-refractivity contribution in [2.24, 2.45) is 5.84 Å². The molecule has 1 aromatic heterocycles. The number of methoxy groups -OCH3 is 1. The molecule has 0 atom stereocenters. The van der Waals surface area contributed by atoms with E-state index in [4.69, 9.17) is 10.6 Å². The van der Waals surface area contributed by atoms with Crippen LogP contribution in [0.3, 0.4) is 0 Å². The number of carbonyl (C=O) groups is 1. The van der Waals surface area contributed by atoms with Gasteiger partial charge in [-0.05, 0) is 6.42 Å². The molecule has 5 N–H and O–H groups in total. The van der Waals surface area contributed by atoms with E-state index in [2.05, 4.69) is 33.0 Å². The van der Waals surface area contributed by atoms with Crippen molar-refractivity contribution >= 4 is 17.5 Å². The molecule has 1 rings (SSSR count). The van der Waals surface area contributed by atoms with Crippen LogP contribution in [-0.2, 0) is 16.0 Å². The molecule has 0 saturated carbocycles. The second kappa shape index (κ2) is 9.89. The van der Waals surface area contributed by atoms with Gasteiger partial charge in [0.1, 0.15) is 17.5 Å². The van der Waals surface area contributed by atoms with Gasteiger partial charge in [-0.25, -0.2) is 15.8 Å². The zero-order valence-corrected chi connectivity index (χ0v) is 12.6. The molecule has 0 fully saturated rings. The molecular weight excluding hydrogens is 272 g/mol. The molecule has 0 aliphatic rings. The van der Waals surface area contributed by atoms with E-state index >= 15 is 0 Å². The van der Waals surface area contributed by atoms with E-state index in [-0.39, 0.29) is 5.91 Å². The summed E-state index contributed by atoms with van der Waals surface area (Å²) in [5, 5.41) is 5.86. The van der Waals surface area contributed by atoms with E-state index in [1.165, 1.54) is 0 Å². The monoisotopic (exact) mass is 296 g/mol. The van der Waals surface area contributed by atoms with Crippen molar-refractivity contribution in [3.63, 3.8) is 0 Å². The Morgan fingerprint density at radius 2 is 2.10 bits per heavy atom. The van der Waals surface area contributed by atoms with Gasteiger partial charge in [-0.15, -0.1) is 0 Å². The molecule has 1 aromatic rings. The van der Waals surface area contributed by atoms with Crippen molar-refractivity contribution in [2.45, 2.75) is 26.2 Å². The summed E-state index contributed by atoms with van der Waals surface area (Å²) >= 11 is 0. The number of nitrogen functional groups attached to an aromatic ring is 1. The summed E-state index contributed by atoms with van der Waals surface area (Å²) in [4.78, 5) is 20.2. The van der Waals surface area contributed by atoms with Gasteiger partial charge in [-0.2, -0.15) is 0 Å². The van der Waals surface area contributed by atoms with Crippen LogP contribution in [0.4, 0.5) is 11.6 Å². The van der Waals surface area contributed by atoms with Crippen LogP contribution in [0, 0.1) is 0 Å². The lowest BCUT2D eigenvalue weighted by Crippen LogP contribution is -2.28. The van der Waals surface area contributed by atoms with Crippen LogP contribution >= 0.6 is 0 Å². The van der Waals surface area contributed by atoms with Crippen molar-refractivity contribution in [3.8, 4) is 0 Å². The topological polar surface area (TPSA) is 114 Å². The molecular formula is C13H24N6O2. The molecule has 0 aliphatic heterocycles. The zero-order valence-electron chi connectivity index (χ0n) is 12.6. The molecule has 0 aliphatic carbocycles. The molecule has 0 radical (unpaired) electrons. The fourth-order valence-electron chi connectivity index (χ4n) is 1.68. The number of hydrazine groups is 1. The quantitative estimate of drug-likeness (QED) is 0.278. The molecule has 8 heteroatoms. The van der Waals surface area contributed by atoms with Crippen LogP contribution in [0.15, 0.2) is 6.07 Å². The number of nitrogens with zero attached hydrogens (tertiary/aromatic N) is 2. The number of nitrogens with two attached hydrogens (primary N) is 1. The molecule has 0 saturated heterocycles. The third-order valence-corrected chi connectivity index (χ3v) is 2.68. The lowest BCUT2D eigenvalue weighted by Gasteiger charge is -2.09. The number of aromatic nitrogens is 2. The van der Waals surface area contributed by atoms with E-state index in [0.717, 1.165) is 18.7 Å². The maximum atomic E-state index is 11.5. The third kappa shape index (κ3) is 6.87. The average molecular weight is 296 g/mol. The summed E-state index contributed by atoms with van der Waals surface area (Å²) in [5.41, 5.74) is 2.52. The number of hydrogen-bond donors (Lipinski definition) is 4. The highest BCUT2D eigenvalue weighted by Crippen LogP contribution is 2.11. The van der Waals surface area contributed by atoms with E-state index < -0.39 is 0 Å². The number of carbonyl (C=O) groups excluding carboxylic acids is 1. The van der Waals surface area contributed by atoms with Gasteiger partial charge < -0.3 is 20.8 Å². The fourth-order valence-corrected chi connectivity index (χ4v) is 1.68. The first-order valence-corrected chi connectivity index (χ1v) is 7.03. The van der Waals surface area contributed by atoms with E-state index in [9.17, 15) is 4.79 Å². The minimum atomic E-state index is -0.0282. The molecule has 0 bridgehead atoms. The third-order valence-electron chi connectivity index (χ3n) is 2.68. The largest absolute Gasteiger partial charge is 0.383 e. The minimum absolute atomic E-state index is 0.0282. The number of hydrogen-bond acceptors (Lipinski definition) is 7. The first-order chi connectivity index (χ1) is 10.2. The Morgan fingerprint density at radius 1 is 1.33 bits per heavy atom. The van der Waals surface area contributed by atoms with Gasteiger partial charge in [0.2, 0.25) is 5.91 Å². The van der Waals surface area contributed by atoms with Crippen LogP contribution in [0.2, 0.25) is 0 Å². The predicted octanol–water partition coefficient (Wildman–Crippen LogP) is 0.279. The maximum absolute atomic E-state index is 11.5. The lowest BCUT2D eigenvalue weighted by atomic mass is 10.3. The normalized spacial score (nSPS) is 10.2. The SMILES string of the molecule is CCCc1nc(NN)cc(NCCC(=O)NCCOC)n1. The molecule has 118 valence electrons. The van der Waals surface area contributed by atoms with Crippen LogP contribution < -0.4 is 21.9 Å². The maximum Gasteiger partial charge on any atom is 0.221 e. The van der Waals surface area contributed by atoms with Crippen molar-refractivity contribution < 1.29 is 9.53 Å². The molecule has 0 aromatic carbocycles. The minimum Gasteiger partial charge on any atom is -0.383 e. The van der Waals surface area contributed by atoms with Gasteiger partial charge in [0.15, 0.2) is 0 Å². The lowest BCUT2D eigenvalue weighted by molar-refractivity contribution is -0.121. The predicted molar refractivity (Wildman–Crippen MR) is 81.8 cm³/mol. The van der Waals surface area contributed by atoms with Crippen molar-refractivity contribution in [3.05, 3.63) is 11.9 Å². The van der Waals surface area contributed by atoms with Crippen molar-refractivity contribution in [1.29, 1.82) is 0 Å². The second-order valence-electron chi connectivity index (χ2n) is 4.47. The Morgan fingerprint density at radius 3 is 2.76 bits per heavy atom. The molecule has 0 unspecified atom stereocenters. The average Bonchev–Trinajstić information content (AvgIpc) is 2.47. The Labute approximate surface area is 124 Å². The summed E-state index contributed by atoms with van der Waals surface area (Å²) < 4.78 is 4.86. The van der Waals surface area contributed by atoms with Crippen LogP contribution in [0.25, 0.3) is 0 Å². The smallest absolute Gasteiger partial charge is 0.221 e. The number of aryl methyl sites for hydroxylation is 1. The Balaban J connectivity index is 2.43. The second-order valence-corrected chi connectivity index (χ2v) is 4.47. The van der Waals surface area contributed by atoms with Gasteiger partial charge in [-0.1, -0.05) is 6.92 Å². The molecule has 0 spiro atoms. The molecule has 8 nitrogen and oxygen atoms in total. The van der Waals surface area contributed by atoms with Gasteiger partial charge in [-0.3, -0.25) is 4.79 Å².